The molecule has 1 aliphatic rings. The van der Waals surface area contributed by atoms with Crippen molar-refractivity contribution in [1.82, 2.24) is 10.0 Å². The normalized spacial score (nSPS) is 14.4. The average Bonchev–Trinajstić information content (AvgIpc) is 3.42. The zero-order valence-electron chi connectivity index (χ0n) is 28.4. The first-order valence-electron chi connectivity index (χ1n) is 15.4. The zero-order valence-corrected chi connectivity index (χ0v) is 31.0. The molecule has 6 rings (SSSR count). The molecule has 0 bridgehead atoms. The molecule has 0 radical (unpaired) electrons. The third-order valence-electron chi connectivity index (χ3n) is 7.75. The van der Waals surface area contributed by atoms with Gasteiger partial charge in [-0.1, -0.05) is 85.3 Å². The minimum absolute atomic E-state index is 0. The Balaban J connectivity index is 0.00000281. The summed E-state index contributed by atoms with van der Waals surface area (Å²) in [7, 11) is -3.96. The first-order valence-corrected chi connectivity index (χ1v) is 17.7. The number of fused-ring (bicyclic) bond motifs is 1. The molecule has 0 spiro atoms. The van der Waals surface area contributed by atoms with Gasteiger partial charge in [0, 0.05) is 5.56 Å². The van der Waals surface area contributed by atoms with Crippen LogP contribution in [0.1, 0.15) is 36.2 Å². The van der Waals surface area contributed by atoms with Crippen molar-refractivity contribution in [2.75, 3.05) is 0 Å². The summed E-state index contributed by atoms with van der Waals surface area (Å²) in [4.78, 5) is 30.6. The molecule has 1 heterocycles. The van der Waals surface area contributed by atoms with E-state index in [-0.39, 0.29) is 48.2 Å². The molecule has 1 fully saturated rings. The van der Waals surface area contributed by atoms with E-state index in [4.69, 9.17) is 4.74 Å². The fourth-order valence-corrected chi connectivity index (χ4v) is 6.90. The van der Waals surface area contributed by atoms with E-state index < -0.39 is 15.9 Å². The monoisotopic (exact) mass is 699 g/mol. The van der Waals surface area contributed by atoms with Crippen molar-refractivity contribution in [2.45, 2.75) is 38.2 Å². The van der Waals surface area contributed by atoms with E-state index in [9.17, 15) is 18.0 Å². The number of aryl methyl sites for hydroxylation is 2. The fourth-order valence-electron chi connectivity index (χ4n) is 5.08. The van der Waals surface area contributed by atoms with Gasteiger partial charge in [0.2, 0.25) is 5.91 Å². The molecule has 1 saturated heterocycles. The smallest absolute Gasteiger partial charge is 1.00 e. The van der Waals surface area contributed by atoms with Crippen molar-refractivity contribution in [3.8, 4) is 5.75 Å². The van der Waals surface area contributed by atoms with E-state index in [2.05, 4.69) is 46.2 Å². The number of sulfonamides is 1. The number of hydrogen-bond acceptors (Lipinski definition) is 7. The van der Waals surface area contributed by atoms with Crippen LogP contribution >= 0.6 is 11.8 Å². The number of aliphatic imine (C=N–C) groups is 1. The molecule has 0 aromatic heterocycles. The Hall–Kier alpha value is -4.19. The van der Waals surface area contributed by atoms with Crippen LogP contribution in [0.5, 0.6) is 5.75 Å². The summed E-state index contributed by atoms with van der Waals surface area (Å²) in [6.07, 6.45) is 2.67. The van der Waals surface area contributed by atoms with Crippen LogP contribution in [0.3, 0.4) is 0 Å². The maximum atomic E-state index is 13.0. The SMILES string of the molecule is CCc1ccc(COc2cc3ccccc3cc2C=C2SC(=Nc3ccc(CC(=O)NS(=O)(=O)c4ccc(C)cc4)cc3)NC2=O)cc1.[H-].[Na+]. The Morgan fingerprint density at radius 2 is 1.53 bits per heavy atom. The summed E-state index contributed by atoms with van der Waals surface area (Å²) in [6.45, 7) is 4.37. The molecular weight excluding hydrogens is 666 g/mol. The van der Waals surface area contributed by atoms with Gasteiger partial charge in [0.25, 0.3) is 15.9 Å². The van der Waals surface area contributed by atoms with Crippen molar-refractivity contribution >= 4 is 61.3 Å². The van der Waals surface area contributed by atoms with Crippen LogP contribution in [0, 0.1) is 6.92 Å². The second kappa shape index (κ2) is 16.0. The standard InChI is InChI=1S/C38H33N3O5S2.Na.H/c1-3-26-10-12-28(13-11-26)24-46-34-22-30-7-5-4-6-29(30)21-31(34)23-35-37(43)40-38(47-35)39-32-16-14-27(15-17-32)20-36(42)41-48(44,45)33-18-8-25(2)9-19-33;;/h4-19,21-23H,3,20,24H2,1-2H3,(H,41,42)(H,39,40,43);;/q;+1;-1. The largest absolute Gasteiger partial charge is 1.00 e. The molecule has 5 aromatic carbocycles. The molecular formula is C38H34N3NaO5S2. The van der Waals surface area contributed by atoms with Crippen molar-refractivity contribution in [1.29, 1.82) is 0 Å². The van der Waals surface area contributed by atoms with E-state index in [0.717, 1.165) is 33.9 Å². The predicted molar refractivity (Wildman–Crippen MR) is 193 cm³/mol. The second-order valence-electron chi connectivity index (χ2n) is 11.4. The number of thioether (sulfide) groups is 1. The number of nitrogens with zero attached hydrogens (tertiary/aromatic N) is 1. The van der Waals surface area contributed by atoms with Gasteiger partial charge in [0.15, 0.2) is 5.17 Å². The number of amides is 2. The Kier molecular flexibility index (Phi) is 11.8. The maximum Gasteiger partial charge on any atom is 1.00 e. The van der Waals surface area contributed by atoms with E-state index in [1.54, 1.807) is 36.4 Å². The van der Waals surface area contributed by atoms with Gasteiger partial charge in [-0.25, -0.2) is 18.1 Å². The molecule has 1 aliphatic heterocycles. The molecule has 2 amide bonds. The number of nitrogens with one attached hydrogen (secondary N) is 2. The van der Waals surface area contributed by atoms with Gasteiger partial charge < -0.3 is 11.5 Å². The number of rotatable bonds is 10. The molecule has 11 heteroatoms. The minimum Gasteiger partial charge on any atom is -1.00 e. The van der Waals surface area contributed by atoms with Gasteiger partial charge in [-0.05, 0) is 95.0 Å². The Morgan fingerprint density at radius 1 is 0.898 bits per heavy atom. The molecule has 8 nitrogen and oxygen atoms in total. The average molecular weight is 700 g/mol. The van der Waals surface area contributed by atoms with Crippen LogP contribution in [0.15, 0.2) is 124 Å². The number of amidine groups is 1. The van der Waals surface area contributed by atoms with Gasteiger partial charge in [-0.3, -0.25) is 9.59 Å². The summed E-state index contributed by atoms with van der Waals surface area (Å²) in [5, 5.41) is 5.31. The van der Waals surface area contributed by atoms with Crippen LogP contribution in [-0.4, -0.2) is 25.4 Å². The summed E-state index contributed by atoms with van der Waals surface area (Å²) in [5.41, 5.74) is 5.20. The number of carbonyl (C=O) groups is 2. The van der Waals surface area contributed by atoms with Crippen LogP contribution < -0.4 is 44.3 Å². The molecule has 244 valence electrons. The summed E-state index contributed by atoms with van der Waals surface area (Å²) >= 11 is 1.23. The number of carbonyl (C=O) groups excluding carboxylic acids is 2. The van der Waals surface area contributed by atoms with Crippen molar-refractivity contribution in [3.63, 3.8) is 0 Å². The first-order chi connectivity index (χ1) is 23.1. The van der Waals surface area contributed by atoms with Crippen molar-refractivity contribution in [2.24, 2.45) is 4.99 Å². The van der Waals surface area contributed by atoms with Gasteiger partial charge in [0.05, 0.1) is 21.9 Å². The van der Waals surface area contributed by atoms with Crippen LogP contribution in [0.4, 0.5) is 5.69 Å². The number of ether oxygens (including phenoxy) is 1. The fraction of sp³-hybridized carbons (Fsp3) is 0.132. The molecule has 0 unspecified atom stereocenters. The van der Waals surface area contributed by atoms with Crippen LogP contribution in [0.2, 0.25) is 0 Å². The number of hydrogen-bond donors (Lipinski definition) is 2. The maximum absolute atomic E-state index is 13.0. The number of benzene rings is 5. The summed E-state index contributed by atoms with van der Waals surface area (Å²) in [6, 6.07) is 33.4. The van der Waals surface area contributed by atoms with Gasteiger partial charge in [-0.2, -0.15) is 0 Å². The third kappa shape index (κ3) is 9.29. The Labute approximate surface area is 313 Å². The summed E-state index contributed by atoms with van der Waals surface area (Å²) < 4.78 is 33.5. The quantitative estimate of drug-likeness (QED) is 0.166. The van der Waals surface area contributed by atoms with Crippen LogP contribution in [-0.2, 0) is 39.1 Å². The van der Waals surface area contributed by atoms with E-state index >= 15 is 0 Å². The Morgan fingerprint density at radius 3 is 2.20 bits per heavy atom. The molecule has 0 saturated carbocycles. The molecule has 0 aliphatic carbocycles. The third-order valence-corrected chi connectivity index (χ3v) is 10.1. The van der Waals surface area contributed by atoms with E-state index in [1.165, 1.54) is 29.5 Å². The van der Waals surface area contributed by atoms with Crippen LogP contribution in [0.25, 0.3) is 16.8 Å². The second-order valence-corrected chi connectivity index (χ2v) is 14.1. The minimum atomic E-state index is -3.96. The van der Waals surface area contributed by atoms with Crippen molar-refractivity contribution in [3.05, 3.63) is 142 Å². The Bertz CT molecular complexity index is 2170. The van der Waals surface area contributed by atoms with Gasteiger partial charge in [-0.15, -0.1) is 0 Å². The first kappa shape index (κ1) is 36.1. The molecule has 49 heavy (non-hydrogen) atoms. The van der Waals surface area contributed by atoms with Crippen molar-refractivity contribution < 1.29 is 53.7 Å². The topological polar surface area (TPSA) is 114 Å². The van der Waals surface area contributed by atoms with E-state index in [0.29, 0.717) is 33.7 Å². The molecule has 2 N–H and O–H groups in total. The van der Waals surface area contributed by atoms with E-state index in [1.807, 2.05) is 49.4 Å². The zero-order chi connectivity index (χ0) is 33.7. The van der Waals surface area contributed by atoms with Gasteiger partial charge in [0.1, 0.15) is 12.4 Å². The predicted octanol–water partition coefficient (Wildman–Crippen LogP) is 4.35. The van der Waals surface area contributed by atoms with Gasteiger partial charge >= 0.3 is 29.6 Å². The summed E-state index contributed by atoms with van der Waals surface area (Å²) in [5.74, 6) is -0.239. The molecule has 5 aromatic rings. The molecule has 0 atom stereocenters.